The Balaban J connectivity index is 0.00000242. The first-order valence-electron chi connectivity index (χ1n) is 6.23. The molecule has 1 unspecified atom stereocenters. The quantitative estimate of drug-likeness (QED) is 0.584. The van der Waals surface area contributed by atoms with Crippen molar-refractivity contribution in [3.8, 4) is 0 Å². The van der Waals surface area contributed by atoms with Gasteiger partial charge in [-0.1, -0.05) is 30.3 Å². The molecular formula is C13H15F5IN3. The number of halogens is 6. The highest BCUT2D eigenvalue weighted by molar-refractivity contribution is 14.0. The molecule has 0 saturated heterocycles. The van der Waals surface area contributed by atoms with Crippen molar-refractivity contribution >= 4 is 29.9 Å². The number of rotatable bonds is 3. The summed E-state index contributed by atoms with van der Waals surface area (Å²) in [5.74, 6) is -4.77. The SMILES string of the molecule is CN1C(NCc2ccccc2)=NCC1C(F)(F)C(F)(F)F.I. The number of nitrogens with zero attached hydrogens (tertiary/aromatic N) is 2. The highest BCUT2D eigenvalue weighted by Gasteiger charge is 2.64. The summed E-state index contributed by atoms with van der Waals surface area (Å²) in [6.45, 7) is -0.297. The summed E-state index contributed by atoms with van der Waals surface area (Å²) >= 11 is 0. The van der Waals surface area contributed by atoms with Gasteiger partial charge in [-0.3, -0.25) is 4.99 Å². The summed E-state index contributed by atoms with van der Waals surface area (Å²) < 4.78 is 63.9. The van der Waals surface area contributed by atoms with Gasteiger partial charge in [-0.15, -0.1) is 24.0 Å². The topological polar surface area (TPSA) is 27.6 Å². The van der Waals surface area contributed by atoms with E-state index in [9.17, 15) is 22.0 Å². The molecule has 1 heterocycles. The Bertz CT molecular complexity index is 518. The van der Waals surface area contributed by atoms with Crippen LogP contribution in [0.3, 0.4) is 0 Å². The van der Waals surface area contributed by atoms with E-state index in [1.807, 2.05) is 18.2 Å². The van der Waals surface area contributed by atoms with Crippen molar-refractivity contribution in [1.29, 1.82) is 0 Å². The molecule has 1 aliphatic rings. The molecule has 0 aromatic heterocycles. The van der Waals surface area contributed by atoms with E-state index in [2.05, 4.69) is 10.3 Å². The Morgan fingerprint density at radius 3 is 2.32 bits per heavy atom. The minimum atomic E-state index is -5.59. The van der Waals surface area contributed by atoms with Gasteiger partial charge in [0, 0.05) is 13.6 Å². The third-order valence-electron chi connectivity index (χ3n) is 3.31. The van der Waals surface area contributed by atoms with Gasteiger partial charge in [0.25, 0.3) is 0 Å². The normalized spacial score (nSPS) is 18.7. The van der Waals surface area contributed by atoms with Gasteiger partial charge in [-0.05, 0) is 5.56 Å². The van der Waals surface area contributed by atoms with Gasteiger partial charge in [-0.25, -0.2) is 0 Å². The fraction of sp³-hybridized carbons (Fsp3) is 0.462. The molecule has 0 saturated carbocycles. The van der Waals surface area contributed by atoms with Gasteiger partial charge in [0.2, 0.25) is 0 Å². The average Bonchev–Trinajstić information content (AvgIpc) is 2.78. The van der Waals surface area contributed by atoms with Crippen molar-refractivity contribution in [3.63, 3.8) is 0 Å². The number of hydrogen-bond donors (Lipinski definition) is 1. The molecule has 0 radical (unpaired) electrons. The van der Waals surface area contributed by atoms with E-state index in [0.717, 1.165) is 10.5 Å². The van der Waals surface area contributed by atoms with E-state index >= 15 is 0 Å². The monoisotopic (exact) mass is 435 g/mol. The second kappa shape index (κ2) is 6.97. The van der Waals surface area contributed by atoms with Crippen molar-refractivity contribution in [2.75, 3.05) is 13.6 Å². The summed E-state index contributed by atoms with van der Waals surface area (Å²) in [7, 11) is 1.17. The van der Waals surface area contributed by atoms with Gasteiger partial charge >= 0.3 is 12.1 Å². The number of alkyl halides is 5. The third kappa shape index (κ3) is 3.79. The van der Waals surface area contributed by atoms with Gasteiger partial charge in [0.15, 0.2) is 5.96 Å². The Morgan fingerprint density at radius 2 is 1.77 bits per heavy atom. The molecule has 9 heteroatoms. The molecule has 1 aromatic rings. The molecule has 124 valence electrons. The number of hydrogen-bond acceptors (Lipinski definition) is 3. The van der Waals surface area contributed by atoms with Crippen LogP contribution in [0.25, 0.3) is 0 Å². The minimum absolute atomic E-state index is 0. The molecule has 0 spiro atoms. The molecule has 0 fully saturated rings. The maximum absolute atomic E-state index is 13.4. The second-order valence-corrected chi connectivity index (χ2v) is 4.75. The van der Waals surface area contributed by atoms with Crippen molar-refractivity contribution in [2.45, 2.75) is 24.7 Å². The van der Waals surface area contributed by atoms with Crippen LogP contribution in [0.15, 0.2) is 35.3 Å². The highest BCUT2D eigenvalue weighted by atomic mass is 127. The zero-order chi connectivity index (χ0) is 15.7. The largest absolute Gasteiger partial charge is 0.455 e. The first kappa shape index (κ1) is 18.9. The van der Waals surface area contributed by atoms with E-state index in [1.165, 1.54) is 7.05 Å². The van der Waals surface area contributed by atoms with Crippen molar-refractivity contribution < 1.29 is 22.0 Å². The Labute approximate surface area is 141 Å². The summed E-state index contributed by atoms with van der Waals surface area (Å²) in [4.78, 5) is 4.59. The molecule has 2 rings (SSSR count). The predicted octanol–water partition coefficient (Wildman–Crippen LogP) is 3.26. The van der Waals surface area contributed by atoms with Gasteiger partial charge < -0.3 is 10.2 Å². The minimum Gasteiger partial charge on any atom is -0.352 e. The lowest BCUT2D eigenvalue weighted by atomic mass is 10.1. The third-order valence-corrected chi connectivity index (χ3v) is 3.31. The van der Waals surface area contributed by atoms with Crippen LogP contribution >= 0.6 is 24.0 Å². The van der Waals surface area contributed by atoms with Crippen LogP contribution < -0.4 is 5.32 Å². The van der Waals surface area contributed by atoms with E-state index in [1.54, 1.807) is 12.1 Å². The Hall–Kier alpha value is -1.13. The van der Waals surface area contributed by atoms with E-state index in [-0.39, 0.29) is 29.9 Å². The Kier molecular flexibility index (Phi) is 5.99. The predicted molar refractivity (Wildman–Crippen MR) is 83.6 cm³/mol. The zero-order valence-corrected chi connectivity index (χ0v) is 13.9. The van der Waals surface area contributed by atoms with Crippen molar-refractivity contribution in [2.24, 2.45) is 4.99 Å². The first-order valence-corrected chi connectivity index (χ1v) is 6.23. The van der Waals surface area contributed by atoms with Crippen molar-refractivity contribution in [1.82, 2.24) is 10.2 Å². The summed E-state index contributed by atoms with van der Waals surface area (Å²) in [6.07, 6.45) is -5.59. The van der Waals surface area contributed by atoms with E-state index in [4.69, 9.17) is 0 Å². The molecule has 1 atom stereocenters. The molecule has 0 amide bonds. The molecule has 0 aliphatic carbocycles. The van der Waals surface area contributed by atoms with Crippen LogP contribution in [0.4, 0.5) is 22.0 Å². The lowest BCUT2D eigenvalue weighted by Crippen LogP contribution is -2.56. The first-order chi connectivity index (χ1) is 9.73. The molecule has 22 heavy (non-hydrogen) atoms. The summed E-state index contributed by atoms with van der Waals surface area (Å²) in [5.41, 5.74) is 0.875. The fourth-order valence-electron chi connectivity index (χ4n) is 2.06. The van der Waals surface area contributed by atoms with Crippen LogP contribution in [0.5, 0.6) is 0 Å². The van der Waals surface area contributed by atoms with E-state index < -0.39 is 24.7 Å². The maximum Gasteiger partial charge on any atom is 0.455 e. The smallest absolute Gasteiger partial charge is 0.352 e. The molecule has 0 bridgehead atoms. The number of nitrogens with one attached hydrogen (secondary N) is 1. The Morgan fingerprint density at radius 1 is 1.18 bits per heavy atom. The van der Waals surface area contributed by atoms with Crippen LogP contribution in [-0.2, 0) is 6.54 Å². The standard InChI is InChI=1S/C13H14F5N3.HI/c1-21-10(12(14,15)13(16,17)18)8-20-11(21)19-7-9-5-3-2-4-6-9;/h2-6,10H,7-8H2,1H3,(H,19,20);1H. The molecular weight excluding hydrogens is 420 g/mol. The van der Waals surface area contributed by atoms with Gasteiger partial charge in [-0.2, -0.15) is 22.0 Å². The summed E-state index contributed by atoms with van der Waals surface area (Å²) in [6, 6.07) is 7.03. The zero-order valence-electron chi connectivity index (χ0n) is 11.6. The number of benzene rings is 1. The average molecular weight is 435 g/mol. The molecule has 1 aromatic carbocycles. The lowest BCUT2D eigenvalue weighted by Gasteiger charge is -2.31. The van der Waals surface area contributed by atoms with Crippen molar-refractivity contribution in [3.05, 3.63) is 35.9 Å². The van der Waals surface area contributed by atoms with Gasteiger partial charge in [0.1, 0.15) is 6.04 Å². The molecule has 1 N–H and O–H groups in total. The van der Waals surface area contributed by atoms with Crippen LogP contribution in [0.1, 0.15) is 5.56 Å². The fourth-order valence-corrected chi connectivity index (χ4v) is 2.06. The highest BCUT2D eigenvalue weighted by Crippen LogP contribution is 2.40. The van der Waals surface area contributed by atoms with Gasteiger partial charge in [0.05, 0.1) is 6.54 Å². The van der Waals surface area contributed by atoms with E-state index in [0.29, 0.717) is 6.54 Å². The van der Waals surface area contributed by atoms with Crippen LogP contribution in [-0.4, -0.2) is 42.6 Å². The summed E-state index contributed by atoms with van der Waals surface area (Å²) in [5, 5.41) is 2.78. The molecule has 3 nitrogen and oxygen atoms in total. The van der Waals surface area contributed by atoms with Crippen LogP contribution in [0, 0.1) is 0 Å². The lowest BCUT2D eigenvalue weighted by molar-refractivity contribution is -0.296. The number of guanidine groups is 1. The maximum atomic E-state index is 13.4. The number of aliphatic imine (C=N–C) groups is 1. The molecule has 1 aliphatic heterocycles. The number of likely N-dealkylation sites (N-methyl/N-ethyl adjacent to an activating group) is 1. The van der Waals surface area contributed by atoms with Crippen LogP contribution in [0.2, 0.25) is 0 Å². The second-order valence-electron chi connectivity index (χ2n) is 4.75.